The van der Waals surface area contributed by atoms with E-state index >= 15 is 0 Å². The Balaban J connectivity index is 1.90. The van der Waals surface area contributed by atoms with Crippen molar-refractivity contribution >= 4 is 27.3 Å². The Labute approximate surface area is 120 Å². The normalized spacial score (nSPS) is 26.3. The Bertz CT molecular complexity index is 515. The quantitative estimate of drug-likeness (QED) is 0.670. The molecule has 19 heavy (non-hydrogen) atoms. The second-order valence-corrected chi connectivity index (χ2v) is 6.40. The van der Waals surface area contributed by atoms with Crippen molar-refractivity contribution in [3.8, 4) is 0 Å². The van der Waals surface area contributed by atoms with E-state index in [1.165, 1.54) is 6.42 Å². The molecule has 0 amide bonds. The number of nitro benzene ring substituents is 1. The van der Waals surface area contributed by atoms with Gasteiger partial charge in [-0.3, -0.25) is 10.1 Å². The van der Waals surface area contributed by atoms with E-state index in [0.717, 1.165) is 42.8 Å². The first-order valence-corrected chi connectivity index (χ1v) is 7.29. The topological polar surface area (TPSA) is 58.4 Å². The smallest absolute Gasteiger partial charge is 0.292 e. The van der Waals surface area contributed by atoms with Gasteiger partial charge >= 0.3 is 0 Å². The number of anilines is 1. The van der Waals surface area contributed by atoms with Gasteiger partial charge in [0.05, 0.1) is 4.92 Å². The Morgan fingerprint density at radius 1 is 1.42 bits per heavy atom. The lowest BCUT2D eigenvalue weighted by molar-refractivity contribution is -0.384. The van der Waals surface area contributed by atoms with Crippen molar-refractivity contribution in [3.05, 3.63) is 32.8 Å². The van der Waals surface area contributed by atoms with Crippen LogP contribution < -0.4 is 10.2 Å². The molecule has 5 nitrogen and oxygen atoms in total. The Morgan fingerprint density at radius 3 is 2.95 bits per heavy atom. The van der Waals surface area contributed by atoms with E-state index in [1.54, 1.807) is 12.1 Å². The van der Waals surface area contributed by atoms with Crippen LogP contribution in [0.4, 0.5) is 11.4 Å². The Kier molecular flexibility index (Phi) is 3.22. The zero-order valence-corrected chi connectivity index (χ0v) is 12.1. The summed E-state index contributed by atoms with van der Waals surface area (Å²) in [4.78, 5) is 13.0. The van der Waals surface area contributed by atoms with Crippen molar-refractivity contribution in [2.24, 2.45) is 5.41 Å². The van der Waals surface area contributed by atoms with Crippen molar-refractivity contribution in [2.75, 3.05) is 31.1 Å². The first-order chi connectivity index (χ1) is 9.10. The van der Waals surface area contributed by atoms with E-state index < -0.39 is 0 Å². The minimum Gasteiger partial charge on any atom is -0.365 e. The number of nitrogens with zero attached hydrogens (tertiary/aromatic N) is 2. The largest absolute Gasteiger partial charge is 0.365 e. The fourth-order valence-electron chi connectivity index (χ4n) is 3.19. The average Bonchev–Trinajstić information content (AvgIpc) is 3.00. The maximum Gasteiger partial charge on any atom is 0.292 e. The average molecular weight is 326 g/mol. The maximum atomic E-state index is 11.2. The second kappa shape index (κ2) is 4.76. The van der Waals surface area contributed by atoms with Crippen LogP contribution in [0.2, 0.25) is 0 Å². The molecule has 2 fully saturated rings. The molecule has 1 aromatic rings. The predicted octanol–water partition coefficient (Wildman–Crippen LogP) is 2.55. The molecule has 0 bridgehead atoms. The van der Waals surface area contributed by atoms with E-state index in [0.29, 0.717) is 5.41 Å². The van der Waals surface area contributed by atoms with Gasteiger partial charge in [-0.15, -0.1) is 0 Å². The van der Waals surface area contributed by atoms with Gasteiger partial charge in [0, 0.05) is 35.6 Å². The van der Waals surface area contributed by atoms with E-state index in [1.807, 2.05) is 6.07 Å². The molecule has 1 spiro atoms. The fraction of sp³-hybridized carbons (Fsp3) is 0.538. The summed E-state index contributed by atoms with van der Waals surface area (Å²) in [5, 5.41) is 14.6. The molecule has 0 aliphatic carbocycles. The van der Waals surface area contributed by atoms with Gasteiger partial charge in [0.2, 0.25) is 0 Å². The van der Waals surface area contributed by atoms with Crippen LogP contribution in [-0.2, 0) is 0 Å². The van der Waals surface area contributed by atoms with Crippen LogP contribution in [-0.4, -0.2) is 31.1 Å². The van der Waals surface area contributed by atoms with Crippen LogP contribution in [0.3, 0.4) is 0 Å². The molecular formula is C13H16BrN3O2. The zero-order valence-electron chi connectivity index (χ0n) is 10.6. The molecular weight excluding hydrogens is 310 g/mol. The number of benzene rings is 1. The molecule has 1 unspecified atom stereocenters. The Morgan fingerprint density at radius 2 is 2.26 bits per heavy atom. The number of rotatable bonds is 2. The summed E-state index contributed by atoms with van der Waals surface area (Å²) in [6, 6.07) is 5.17. The van der Waals surface area contributed by atoms with Gasteiger partial charge in [-0.05, 0) is 31.5 Å². The molecule has 0 radical (unpaired) electrons. The molecule has 2 aliphatic rings. The standard InChI is InChI=1S/C13H16BrN3O2/c14-10-1-2-11(17(18)19)12(7-10)16-6-4-13(9-16)3-5-15-8-13/h1-2,7,15H,3-6,8-9H2. The van der Waals surface area contributed by atoms with Gasteiger partial charge in [0.25, 0.3) is 5.69 Å². The lowest BCUT2D eigenvalue weighted by atomic mass is 9.86. The first kappa shape index (κ1) is 12.9. The second-order valence-electron chi connectivity index (χ2n) is 5.49. The van der Waals surface area contributed by atoms with Gasteiger partial charge in [-0.25, -0.2) is 0 Å². The van der Waals surface area contributed by atoms with Crippen LogP contribution in [0, 0.1) is 15.5 Å². The van der Waals surface area contributed by atoms with Crippen LogP contribution in [0.1, 0.15) is 12.8 Å². The summed E-state index contributed by atoms with van der Waals surface area (Å²) in [5.41, 5.74) is 1.25. The predicted molar refractivity (Wildman–Crippen MR) is 77.5 cm³/mol. The first-order valence-electron chi connectivity index (χ1n) is 6.49. The third kappa shape index (κ3) is 2.34. The lowest BCUT2D eigenvalue weighted by Crippen LogP contribution is -2.29. The summed E-state index contributed by atoms with van der Waals surface area (Å²) in [7, 11) is 0. The minimum atomic E-state index is -0.292. The van der Waals surface area contributed by atoms with Crippen molar-refractivity contribution in [1.29, 1.82) is 0 Å². The number of nitrogens with one attached hydrogen (secondary N) is 1. The minimum absolute atomic E-state index is 0.200. The molecule has 6 heteroatoms. The van der Waals surface area contributed by atoms with Gasteiger partial charge in [0.15, 0.2) is 0 Å². The highest BCUT2D eigenvalue weighted by atomic mass is 79.9. The summed E-state index contributed by atoms with van der Waals surface area (Å²) in [6.07, 6.45) is 2.29. The highest BCUT2D eigenvalue weighted by molar-refractivity contribution is 9.10. The number of halogens is 1. The fourth-order valence-corrected chi connectivity index (χ4v) is 3.54. The molecule has 3 rings (SSSR count). The highest BCUT2D eigenvalue weighted by Gasteiger charge is 2.41. The summed E-state index contributed by atoms with van der Waals surface area (Å²) in [5.74, 6) is 0. The van der Waals surface area contributed by atoms with Gasteiger partial charge in [0.1, 0.15) is 5.69 Å². The number of nitro groups is 1. The molecule has 1 atom stereocenters. The zero-order chi connectivity index (χ0) is 13.5. The molecule has 0 aromatic heterocycles. The lowest BCUT2D eigenvalue weighted by Gasteiger charge is -2.24. The number of hydrogen-bond acceptors (Lipinski definition) is 4. The monoisotopic (exact) mass is 325 g/mol. The van der Waals surface area contributed by atoms with E-state index in [9.17, 15) is 10.1 Å². The maximum absolute atomic E-state index is 11.2. The van der Waals surface area contributed by atoms with Crippen molar-refractivity contribution in [3.63, 3.8) is 0 Å². The SMILES string of the molecule is O=[N+]([O-])c1ccc(Br)cc1N1CCC2(CCNC2)C1. The summed E-state index contributed by atoms with van der Waals surface area (Å²) < 4.78 is 0.888. The van der Waals surface area contributed by atoms with Crippen LogP contribution in [0.25, 0.3) is 0 Å². The molecule has 2 heterocycles. The van der Waals surface area contributed by atoms with Crippen molar-refractivity contribution < 1.29 is 4.92 Å². The summed E-state index contributed by atoms with van der Waals surface area (Å²) in [6.45, 7) is 3.91. The van der Waals surface area contributed by atoms with Crippen molar-refractivity contribution in [1.82, 2.24) is 5.32 Å². The van der Waals surface area contributed by atoms with Gasteiger partial charge in [-0.2, -0.15) is 0 Å². The van der Waals surface area contributed by atoms with Gasteiger partial charge < -0.3 is 10.2 Å². The molecule has 102 valence electrons. The van der Waals surface area contributed by atoms with E-state index in [2.05, 4.69) is 26.1 Å². The molecule has 2 aliphatic heterocycles. The van der Waals surface area contributed by atoms with Crippen LogP contribution in [0.15, 0.2) is 22.7 Å². The molecule has 2 saturated heterocycles. The van der Waals surface area contributed by atoms with E-state index in [-0.39, 0.29) is 10.6 Å². The third-order valence-corrected chi connectivity index (χ3v) is 4.74. The Hall–Kier alpha value is -1.14. The molecule has 0 saturated carbocycles. The van der Waals surface area contributed by atoms with Crippen molar-refractivity contribution in [2.45, 2.75) is 12.8 Å². The number of hydrogen-bond donors (Lipinski definition) is 1. The molecule has 1 aromatic carbocycles. The third-order valence-electron chi connectivity index (χ3n) is 4.25. The molecule has 1 N–H and O–H groups in total. The summed E-state index contributed by atoms with van der Waals surface area (Å²) >= 11 is 3.41. The van der Waals surface area contributed by atoms with E-state index in [4.69, 9.17) is 0 Å². The van der Waals surface area contributed by atoms with Gasteiger partial charge in [-0.1, -0.05) is 15.9 Å². The van der Waals surface area contributed by atoms with Crippen LogP contribution >= 0.6 is 15.9 Å². The highest BCUT2D eigenvalue weighted by Crippen LogP contribution is 2.41. The van der Waals surface area contributed by atoms with Crippen LogP contribution in [0.5, 0.6) is 0 Å².